The molecule has 0 radical (unpaired) electrons. The lowest BCUT2D eigenvalue weighted by Crippen LogP contribution is -2.35. The van der Waals surface area contributed by atoms with Crippen molar-refractivity contribution in [2.24, 2.45) is 0 Å². The van der Waals surface area contributed by atoms with Gasteiger partial charge in [-0.05, 0) is 44.5 Å². The van der Waals surface area contributed by atoms with Crippen molar-refractivity contribution in [1.29, 1.82) is 0 Å². The number of carbonyl (C=O) groups excluding carboxylic acids is 3. The molecule has 6 nitrogen and oxygen atoms in total. The van der Waals surface area contributed by atoms with Crippen LogP contribution in [0.2, 0.25) is 0 Å². The number of amides is 2. The summed E-state index contributed by atoms with van der Waals surface area (Å²) >= 11 is 0. The van der Waals surface area contributed by atoms with Gasteiger partial charge in [-0.1, -0.05) is 30.3 Å². The number of hydroxylamine groups is 2. The Bertz CT molecular complexity index is 946. The quantitative estimate of drug-likeness (QED) is 0.560. The lowest BCUT2D eigenvalue weighted by molar-refractivity contribution is -0.185. The summed E-state index contributed by atoms with van der Waals surface area (Å²) in [7, 11) is 0. The number of rotatable bonds is 5. The number of imide groups is 1. The van der Waals surface area contributed by atoms with Crippen LogP contribution in [0.15, 0.2) is 48.5 Å². The summed E-state index contributed by atoms with van der Waals surface area (Å²) in [6.45, 7) is 4.16. The van der Waals surface area contributed by atoms with Crippen LogP contribution in [-0.4, -0.2) is 28.4 Å². The van der Waals surface area contributed by atoms with Gasteiger partial charge in [0.25, 0.3) is 11.8 Å². The Morgan fingerprint density at radius 3 is 2.10 bits per heavy atom. The van der Waals surface area contributed by atoms with E-state index in [1.165, 1.54) is 45.0 Å². The molecule has 0 saturated carbocycles. The zero-order valence-electron chi connectivity index (χ0n) is 16.1. The van der Waals surface area contributed by atoms with Gasteiger partial charge in [-0.2, -0.15) is 8.78 Å². The molecule has 0 aromatic heterocycles. The third kappa shape index (κ3) is 4.17. The van der Waals surface area contributed by atoms with E-state index in [2.05, 4.69) is 0 Å². The summed E-state index contributed by atoms with van der Waals surface area (Å²) in [5, 5.41) is 0.601. The van der Waals surface area contributed by atoms with Gasteiger partial charge in [-0.25, -0.2) is 4.79 Å². The maximum Gasteiger partial charge on any atom is 0.382 e. The van der Waals surface area contributed by atoms with Gasteiger partial charge in [0.05, 0.1) is 11.1 Å². The number of alkyl halides is 2. The predicted molar refractivity (Wildman–Crippen MR) is 97.9 cm³/mol. The fourth-order valence-electron chi connectivity index (χ4n) is 2.74. The molecule has 29 heavy (non-hydrogen) atoms. The highest BCUT2D eigenvalue weighted by atomic mass is 19.3. The minimum absolute atomic E-state index is 0.211. The molecule has 2 aromatic carbocycles. The van der Waals surface area contributed by atoms with Gasteiger partial charge >= 0.3 is 11.9 Å². The van der Waals surface area contributed by atoms with E-state index in [9.17, 15) is 23.2 Å². The molecule has 0 fully saturated rings. The van der Waals surface area contributed by atoms with Gasteiger partial charge < -0.3 is 4.74 Å². The van der Waals surface area contributed by atoms with E-state index in [0.29, 0.717) is 5.06 Å². The standard InChI is InChI=1S/C21H19F2NO5/c1-20(2,3)29-19(27)21(22,23)14-8-6-7-13(11-14)12-28-24-17(25)15-9-4-5-10-16(15)18(24)26/h4-11H,12H2,1-3H3. The van der Waals surface area contributed by atoms with E-state index in [-0.39, 0.29) is 23.3 Å². The maximum absolute atomic E-state index is 14.5. The summed E-state index contributed by atoms with van der Waals surface area (Å²) in [5.41, 5.74) is -0.963. The Balaban J connectivity index is 1.74. The van der Waals surface area contributed by atoms with Crippen LogP contribution in [0.25, 0.3) is 0 Å². The third-order valence-corrected chi connectivity index (χ3v) is 4.06. The molecule has 0 N–H and O–H groups in total. The van der Waals surface area contributed by atoms with E-state index < -0.39 is 34.9 Å². The van der Waals surface area contributed by atoms with Crippen molar-refractivity contribution in [3.8, 4) is 0 Å². The second kappa shape index (κ2) is 7.36. The van der Waals surface area contributed by atoms with E-state index in [1.807, 2.05) is 0 Å². The molecule has 0 atom stereocenters. The first-order valence-corrected chi connectivity index (χ1v) is 8.82. The first-order valence-electron chi connectivity index (χ1n) is 8.82. The largest absolute Gasteiger partial charge is 0.455 e. The van der Waals surface area contributed by atoms with Crippen molar-refractivity contribution in [2.75, 3.05) is 0 Å². The highest BCUT2D eigenvalue weighted by molar-refractivity contribution is 6.20. The number of carbonyl (C=O) groups is 3. The highest BCUT2D eigenvalue weighted by Gasteiger charge is 2.44. The number of halogens is 2. The van der Waals surface area contributed by atoms with E-state index in [4.69, 9.17) is 9.57 Å². The molecule has 0 bridgehead atoms. The van der Waals surface area contributed by atoms with Gasteiger partial charge in [-0.15, -0.1) is 5.06 Å². The van der Waals surface area contributed by atoms with Crippen molar-refractivity contribution in [1.82, 2.24) is 5.06 Å². The highest BCUT2D eigenvalue weighted by Crippen LogP contribution is 2.32. The Kier molecular flexibility index (Phi) is 5.23. The van der Waals surface area contributed by atoms with E-state index >= 15 is 0 Å². The van der Waals surface area contributed by atoms with Crippen LogP contribution in [0.3, 0.4) is 0 Å². The van der Waals surface area contributed by atoms with Crippen LogP contribution in [0.4, 0.5) is 8.78 Å². The average molecular weight is 403 g/mol. The molecule has 0 spiro atoms. The van der Waals surface area contributed by atoms with Gasteiger partial charge in [0.1, 0.15) is 12.2 Å². The van der Waals surface area contributed by atoms with Crippen LogP contribution in [0.5, 0.6) is 0 Å². The number of fused-ring (bicyclic) bond motifs is 1. The molecule has 3 rings (SSSR count). The van der Waals surface area contributed by atoms with Gasteiger partial charge in [0, 0.05) is 5.56 Å². The summed E-state index contributed by atoms with van der Waals surface area (Å²) < 4.78 is 33.7. The minimum atomic E-state index is -3.86. The molecule has 0 unspecified atom stereocenters. The topological polar surface area (TPSA) is 72.9 Å². The zero-order valence-corrected chi connectivity index (χ0v) is 16.1. The zero-order chi connectivity index (χ0) is 21.4. The van der Waals surface area contributed by atoms with Crippen LogP contribution >= 0.6 is 0 Å². The minimum Gasteiger partial charge on any atom is -0.455 e. The van der Waals surface area contributed by atoms with Gasteiger partial charge in [0.15, 0.2) is 0 Å². The SMILES string of the molecule is CC(C)(C)OC(=O)C(F)(F)c1cccc(CON2C(=O)c3ccccc3C2=O)c1. The number of hydrogen-bond donors (Lipinski definition) is 0. The lowest BCUT2D eigenvalue weighted by Gasteiger charge is -2.24. The van der Waals surface area contributed by atoms with Crippen molar-refractivity contribution < 1.29 is 32.7 Å². The number of esters is 1. The summed E-state index contributed by atoms with van der Waals surface area (Å²) in [4.78, 5) is 41.7. The normalized spacial score (nSPS) is 14.2. The Morgan fingerprint density at radius 2 is 1.55 bits per heavy atom. The maximum atomic E-state index is 14.5. The molecule has 152 valence electrons. The molecule has 2 aromatic rings. The number of ether oxygens (including phenoxy) is 1. The Morgan fingerprint density at radius 1 is 0.966 bits per heavy atom. The number of nitrogens with zero attached hydrogens (tertiary/aromatic N) is 1. The molecule has 1 aliphatic rings. The van der Waals surface area contributed by atoms with Crippen LogP contribution in [0, 0.1) is 0 Å². The first-order chi connectivity index (χ1) is 13.5. The molecular formula is C21H19F2NO5. The first kappa shape index (κ1) is 20.6. The third-order valence-electron chi connectivity index (χ3n) is 4.06. The van der Waals surface area contributed by atoms with Crippen molar-refractivity contribution in [3.05, 3.63) is 70.8 Å². The molecular weight excluding hydrogens is 384 g/mol. The summed E-state index contributed by atoms with van der Waals surface area (Å²) in [5.74, 6) is -6.77. The van der Waals surface area contributed by atoms with Crippen molar-refractivity contribution in [2.45, 2.75) is 38.9 Å². The Hall–Kier alpha value is -3.13. The number of benzene rings is 2. The summed E-state index contributed by atoms with van der Waals surface area (Å²) in [6.07, 6.45) is 0. The molecule has 1 aliphatic heterocycles. The Labute approximate surface area is 166 Å². The van der Waals surface area contributed by atoms with E-state index in [0.717, 1.165) is 12.1 Å². The summed E-state index contributed by atoms with van der Waals surface area (Å²) in [6, 6.07) is 11.2. The second-order valence-corrected chi connectivity index (χ2v) is 7.50. The molecule has 1 heterocycles. The van der Waals surface area contributed by atoms with Crippen molar-refractivity contribution in [3.63, 3.8) is 0 Å². The predicted octanol–water partition coefficient (Wildman–Crippen LogP) is 3.85. The smallest absolute Gasteiger partial charge is 0.382 e. The van der Waals surface area contributed by atoms with E-state index in [1.54, 1.807) is 12.1 Å². The van der Waals surface area contributed by atoms with Gasteiger partial charge in [0.2, 0.25) is 0 Å². The molecule has 2 amide bonds. The second-order valence-electron chi connectivity index (χ2n) is 7.50. The average Bonchev–Trinajstić information content (AvgIpc) is 2.90. The molecule has 8 heteroatoms. The monoisotopic (exact) mass is 403 g/mol. The lowest BCUT2D eigenvalue weighted by atomic mass is 10.1. The van der Waals surface area contributed by atoms with Crippen LogP contribution in [0.1, 0.15) is 52.6 Å². The molecule has 0 saturated heterocycles. The van der Waals surface area contributed by atoms with Gasteiger partial charge in [-0.3, -0.25) is 14.4 Å². The molecule has 0 aliphatic carbocycles. The van der Waals surface area contributed by atoms with Crippen molar-refractivity contribution >= 4 is 17.8 Å². The fourth-order valence-corrected chi connectivity index (χ4v) is 2.74. The fraction of sp³-hybridized carbons (Fsp3) is 0.286. The van der Waals surface area contributed by atoms with Crippen LogP contribution < -0.4 is 0 Å². The van der Waals surface area contributed by atoms with Crippen LogP contribution in [-0.2, 0) is 26.9 Å². The number of hydrogen-bond acceptors (Lipinski definition) is 5.